The fourth-order valence-electron chi connectivity index (χ4n) is 3.96. The lowest BCUT2D eigenvalue weighted by Gasteiger charge is -2.48. The van der Waals surface area contributed by atoms with Crippen LogP contribution in [0.3, 0.4) is 0 Å². The van der Waals surface area contributed by atoms with E-state index in [4.69, 9.17) is 0 Å². The van der Waals surface area contributed by atoms with Gasteiger partial charge >= 0.3 is 0 Å². The van der Waals surface area contributed by atoms with Crippen LogP contribution in [-0.2, 0) is 0 Å². The Balaban J connectivity index is 1.71. The Hall–Kier alpha value is -2.96. The fourth-order valence-corrected chi connectivity index (χ4v) is 4.84. The Kier molecular flexibility index (Phi) is 5.70. The van der Waals surface area contributed by atoms with Crippen molar-refractivity contribution in [2.24, 2.45) is 0 Å². The number of hydrogen-bond acceptors (Lipinski definition) is 4. The molecule has 0 spiro atoms. The second-order valence-corrected chi connectivity index (χ2v) is 8.73. The SMILES string of the molecule is CC1(O)CCN(C(=O)c2ccccc2)C(c2cccs2)C1NC(=O)c1ccccc1. The molecular weight excluding hydrogens is 396 g/mol. The Labute approximate surface area is 180 Å². The minimum Gasteiger partial charge on any atom is -0.388 e. The number of thiophene rings is 1. The molecule has 1 fully saturated rings. The van der Waals surface area contributed by atoms with Gasteiger partial charge < -0.3 is 15.3 Å². The van der Waals surface area contributed by atoms with Crippen molar-refractivity contribution in [1.82, 2.24) is 10.2 Å². The lowest BCUT2D eigenvalue weighted by atomic mass is 9.81. The van der Waals surface area contributed by atoms with Gasteiger partial charge in [0.2, 0.25) is 0 Å². The molecule has 1 saturated heterocycles. The van der Waals surface area contributed by atoms with Gasteiger partial charge in [-0.3, -0.25) is 9.59 Å². The van der Waals surface area contributed by atoms with Crippen molar-refractivity contribution in [2.45, 2.75) is 31.0 Å². The van der Waals surface area contributed by atoms with E-state index in [9.17, 15) is 14.7 Å². The van der Waals surface area contributed by atoms with Gasteiger partial charge in [0.1, 0.15) is 0 Å². The van der Waals surface area contributed by atoms with E-state index in [0.29, 0.717) is 24.1 Å². The monoisotopic (exact) mass is 420 g/mol. The van der Waals surface area contributed by atoms with Crippen molar-refractivity contribution in [3.05, 3.63) is 94.2 Å². The number of likely N-dealkylation sites (tertiary alicyclic amines) is 1. The number of benzene rings is 2. The van der Waals surface area contributed by atoms with Crippen molar-refractivity contribution in [3.8, 4) is 0 Å². The number of nitrogens with one attached hydrogen (secondary N) is 1. The fraction of sp³-hybridized carbons (Fsp3) is 0.250. The van der Waals surface area contributed by atoms with Gasteiger partial charge in [0.15, 0.2) is 0 Å². The lowest BCUT2D eigenvalue weighted by molar-refractivity contribution is -0.0541. The van der Waals surface area contributed by atoms with Crippen LogP contribution in [0, 0.1) is 0 Å². The molecule has 0 bridgehead atoms. The highest BCUT2D eigenvalue weighted by atomic mass is 32.1. The predicted molar refractivity (Wildman–Crippen MR) is 117 cm³/mol. The quantitative estimate of drug-likeness (QED) is 0.673. The number of carbonyl (C=O) groups excluding carboxylic acids is 2. The molecule has 1 aromatic heterocycles. The van der Waals surface area contributed by atoms with Gasteiger partial charge in [0.05, 0.1) is 17.7 Å². The van der Waals surface area contributed by atoms with Crippen molar-refractivity contribution >= 4 is 23.2 Å². The molecule has 0 aliphatic carbocycles. The zero-order valence-corrected chi connectivity index (χ0v) is 17.5. The maximum Gasteiger partial charge on any atom is 0.254 e. The topological polar surface area (TPSA) is 69.6 Å². The van der Waals surface area contributed by atoms with Crippen LogP contribution in [-0.4, -0.2) is 40.0 Å². The standard InChI is InChI=1S/C24H24N2O3S/c1-24(29)14-15-26(23(28)18-11-6-3-7-12-18)20(19-13-8-16-30-19)21(24)25-22(27)17-9-4-2-5-10-17/h2-13,16,20-21,29H,14-15H2,1H3,(H,25,27). The van der Waals surface area contributed by atoms with E-state index in [2.05, 4.69) is 5.32 Å². The van der Waals surface area contributed by atoms with Gasteiger partial charge in [-0.1, -0.05) is 42.5 Å². The zero-order chi connectivity index (χ0) is 21.1. The predicted octanol–water partition coefficient (Wildman–Crippen LogP) is 3.88. The minimum absolute atomic E-state index is 0.108. The molecule has 1 aliphatic rings. The second-order valence-electron chi connectivity index (χ2n) is 7.75. The van der Waals surface area contributed by atoms with Crippen molar-refractivity contribution in [2.75, 3.05) is 6.54 Å². The second kappa shape index (κ2) is 8.42. The van der Waals surface area contributed by atoms with Gasteiger partial charge in [-0.05, 0) is 49.1 Å². The molecule has 6 heteroatoms. The number of piperidine rings is 1. The Morgan fingerprint density at radius 2 is 1.63 bits per heavy atom. The molecule has 3 atom stereocenters. The maximum atomic E-state index is 13.4. The van der Waals surface area contributed by atoms with E-state index in [1.165, 1.54) is 11.3 Å². The van der Waals surface area contributed by atoms with Crippen LogP contribution < -0.4 is 5.32 Å². The number of carbonyl (C=O) groups is 2. The first-order valence-electron chi connectivity index (χ1n) is 9.95. The summed E-state index contributed by atoms with van der Waals surface area (Å²) >= 11 is 1.52. The molecule has 4 rings (SSSR count). The summed E-state index contributed by atoms with van der Waals surface area (Å²) in [7, 11) is 0. The van der Waals surface area contributed by atoms with Gasteiger partial charge in [0.25, 0.3) is 11.8 Å². The van der Waals surface area contributed by atoms with E-state index in [0.717, 1.165) is 4.88 Å². The average molecular weight is 421 g/mol. The van der Waals surface area contributed by atoms with Crippen LogP contribution in [0.4, 0.5) is 0 Å². The Morgan fingerprint density at radius 1 is 1.00 bits per heavy atom. The van der Waals surface area contributed by atoms with Crippen LogP contribution in [0.15, 0.2) is 78.2 Å². The summed E-state index contributed by atoms with van der Waals surface area (Å²) < 4.78 is 0. The molecule has 5 nitrogen and oxygen atoms in total. The number of rotatable bonds is 4. The summed E-state index contributed by atoms with van der Waals surface area (Å²) in [5.74, 6) is -0.375. The van der Waals surface area contributed by atoms with E-state index >= 15 is 0 Å². The van der Waals surface area contributed by atoms with Crippen LogP contribution >= 0.6 is 11.3 Å². The largest absolute Gasteiger partial charge is 0.388 e. The molecule has 1 aliphatic heterocycles. The molecule has 154 valence electrons. The normalized spacial score (nSPS) is 23.7. The average Bonchev–Trinajstić information content (AvgIpc) is 3.30. The first kappa shape index (κ1) is 20.3. The third-order valence-corrected chi connectivity index (χ3v) is 6.56. The van der Waals surface area contributed by atoms with Gasteiger partial charge in [-0.2, -0.15) is 0 Å². The van der Waals surface area contributed by atoms with Crippen LogP contribution in [0.1, 0.15) is 45.0 Å². The highest BCUT2D eigenvalue weighted by molar-refractivity contribution is 7.10. The highest BCUT2D eigenvalue weighted by Crippen LogP contribution is 2.39. The summed E-state index contributed by atoms with van der Waals surface area (Å²) in [6.07, 6.45) is 0.368. The molecule has 2 N–H and O–H groups in total. The lowest BCUT2D eigenvalue weighted by Crippen LogP contribution is -2.63. The van der Waals surface area contributed by atoms with E-state index in [1.807, 2.05) is 41.8 Å². The summed E-state index contributed by atoms with van der Waals surface area (Å²) in [5.41, 5.74) is -0.0505. The molecule has 30 heavy (non-hydrogen) atoms. The third-order valence-electron chi connectivity index (χ3n) is 5.62. The summed E-state index contributed by atoms with van der Waals surface area (Å²) in [6.45, 7) is 2.13. The number of aliphatic hydroxyl groups is 1. The number of nitrogens with zero attached hydrogens (tertiary/aromatic N) is 1. The molecule has 2 heterocycles. The first-order valence-corrected chi connectivity index (χ1v) is 10.8. The van der Waals surface area contributed by atoms with Crippen LogP contribution in [0.25, 0.3) is 0 Å². The Morgan fingerprint density at radius 3 is 2.23 bits per heavy atom. The van der Waals surface area contributed by atoms with E-state index in [-0.39, 0.29) is 11.8 Å². The molecule has 0 saturated carbocycles. The zero-order valence-electron chi connectivity index (χ0n) is 16.7. The maximum absolute atomic E-state index is 13.4. The van der Waals surface area contributed by atoms with Gasteiger partial charge in [-0.15, -0.1) is 11.3 Å². The molecular formula is C24H24N2O3S. The van der Waals surface area contributed by atoms with Crippen molar-refractivity contribution in [3.63, 3.8) is 0 Å². The van der Waals surface area contributed by atoms with E-state index < -0.39 is 17.7 Å². The molecule has 3 aromatic rings. The Bertz CT molecular complexity index is 1000. The highest BCUT2D eigenvalue weighted by Gasteiger charge is 2.48. The summed E-state index contributed by atoms with van der Waals surface area (Å²) in [6, 6.07) is 20.8. The summed E-state index contributed by atoms with van der Waals surface area (Å²) in [4.78, 5) is 29.0. The van der Waals surface area contributed by atoms with Crippen molar-refractivity contribution in [1.29, 1.82) is 0 Å². The molecule has 3 unspecified atom stereocenters. The molecule has 2 aromatic carbocycles. The third kappa shape index (κ3) is 4.01. The molecule has 0 radical (unpaired) electrons. The van der Waals surface area contributed by atoms with Crippen LogP contribution in [0.5, 0.6) is 0 Å². The minimum atomic E-state index is -1.16. The smallest absolute Gasteiger partial charge is 0.254 e. The van der Waals surface area contributed by atoms with Crippen LogP contribution in [0.2, 0.25) is 0 Å². The number of amides is 2. The van der Waals surface area contributed by atoms with Gasteiger partial charge in [-0.25, -0.2) is 0 Å². The first-order chi connectivity index (χ1) is 14.5. The number of hydrogen-bond donors (Lipinski definition) is 2. The van der Waals surface area contributed by atoms with Gasteiger partial charge in [0, 0.05) is 22.5 Å². The summed E-state index contributed by atoms with van der Waals surface area (Å²) in [5, 5.41) is 16.2. The van der Waals surface area contributed by atoms with Crippen molar-refractivity contribution < 1.29 is 14.7 Å². The van der Waals surface area contributed by atoms with E-state index in [1.54, 1.807) is 48.2 Å². The molecule has 2 amide bonds.